The monoisotopic (exact) mass is 363 g/mol. The molecule has 0 unspecified atom stereocenters. The Morgan fingerprint density at radius 3 is 2.50 bits per heavy atom. The normalized spacial score (nSPS) is 11.3. The molecule has 7 heteroatoms. The molecule has 0 aromatic heterocycles. The van der Waals surface area contributed by atoms with Crippen LogP contribution in [0.1, 0.15) is 27.0 Å². The van der Waals surface area contributed by atoms with E-state index in [9.17, 15) is 22.8 Å². The van der Waals surface area contributed by atoms with E-state index < -0.39 is 23.4 Å². The van der Waals surface area contributed by atoms with Gasteiger partial charge in [-0.15, -0.1) is 0 Å². The van der Waals surface area contributed by atoms with Crippen molar-refractivity contribution in [1.29, 1.82) is 0 Å². The number of rotatable bonds is 6. The quantitative estimate of drug-likeness (QED) is 0.771. The molecular weight excluding hydrogens is 347 g/mol. The molecule has 2 aromatic carbocycles. The molecule has 0 aliphatic rings. The van der Waals surface area contributed by atoms with Gasteiger partial charge >= 0.3 is 12.3 Å². The zero-order chi connectivity index (χ0) is 19.0. The van der Waals surface area contributed by atoms with E-state index in [1.807, 2.05) is 30.3 Å². The maximum atomic E-state index is 12.9. The number of hydrogen-bond acceptors (Lipinski definition) is 3. The number of benzene rings is 2. The first kappa shape index (κ1) is 19.2. The van der Waals surface area contributed by atoms with E-state index in [0.29, 0.717) is 0 Å². The second kappa shape index (κ2) is 8.84. The van der Waals surface area contributed by atoms with Gasteiger partial charge in [0.15, 0.2) is 6.29 Å². The van der Waals surface area contributed by atoms with Crippen LogP contribution in [0.4, 0.5) is 18.0 Å². The van der Waals surface area contributed by atoms with Gasteiger partial charge in [0.05, 0.1) is 5.56 Å². The predicted octanol–water partition coefficient (Wildman–Crippen LogP) is 4.46. The molecule has 1 amide bonds. The Labute approximate surface area is 148 Å². The van der Waals surface area contributed by atoms with Crippen molar-refractivity contribution in [3.8, 4) is 0 Å². The number of amides is 1. The first-order valence-electron chi connectivity index (χ1n) is 7.67. The minimum Gasteiger partial charge on any atom is -0.445 e. The van der Waals surface area contributed by atoms with E-state index in [0.717, 1.165) is 17.7 Å². The highest BCUT2D eigenvalue weighted by Gasteiger charge is 2.33. The Morgan fingerprint density at radius 1 is 1.12 bits per heavy atom. The highest BCUT2D eigenvalue weighted by atomic mass is 19.4. The van der Waals surface area contributed by atoms with E-state index in [2.05, 4.69) is 5.32 Å². The van der Waals surface area contributed by atoms with Crippen LogP contribution >= 0.6 is 0 Å². The van der Waals surface area contributed by atoms with Crippen LogP contribution in [0, 0.1) is 0 Å². The second-order valence-electron chi connectivity index (χ2n) is 5.31. The standard InChI is InChI=1S/C19H16F3NO3/c20-19(21,22)17-11-14(8-9-16(17)12-24)7-4-10-23-18(25)26-13-15-5-2-1-3-6-15/h1-9,11-12H,10,13H2,(H,23,25). The van der Waals surface area contributed by atoms with Crippen molar-refractivity contribution in [3.63, 3.8) is 0 Å². The lowest BCUT2D eigenvalue weighted by Crippen LogP contribution is -2.24. The van der Waals surface area contributed by atoms with E-state index in [1.165, 1.54) is 18.2 Å². The van der Waals surface area contributed by atoms with Gasteiger partial charge in [-0.05, 0) is 17.2 Å². The molecule has 0 radical (unpaired) electrons. The molecule has 0 saturated carbocycles. The predicted molar refractivity (Wildman–Crippen MR) is 90.5 cm³/mol. The third-order valence-corrected chi connectivity index (χ3v) is 3.40. The fraction of sp³-hybridized carbons (Fsp3) is 0.158. The summed E-state index contributed by atoms with van der Waals surface area (Å²) in [6.07, 6.45) is -2.17. The Bertz CT molecular complexity index is 786. The number of ether oxygens (including phenoxy) is 1. The summed E-state index contributed by atoms with van der Waals surface area (Å²) in [5, 5.41) is 2.46. The molecule has 4 nitrogen and oxygen atoms in total. The van der Waals surface area contributed by atoms with Crippen LogP contribution in [-0.4, -0.2) is 18.9 Å². The Morgan fingerprint density at radius 2 is 1.85 bits per heavy atom. The van der Waals surface area contributed by atoms with E-state index in [-0.39, 0.29) is 25.0 Å². The molecule has 0 aliphatic heterocycles. The number of aldehydes is 1. The molecular formula is C19H16F3NO3. The van der Waals surface area contributed by atoms with E-state index in [1.54, 1.807) is 0 Å². The van der Waals surface area contributed by atoms with Crippen molar-refractivity contribution in [2.45, 2.75) is 12.8 Å². The zero-order valence-electron chi connectivity index (χ0n) is 13.6. The topological polar surface area (TPSA) is 55.4 Å². The van der Waals surface area contributed by atoms with Crippen LogP contribution in [0.3, 0.4) is 0 Å². The molecule has 0 saturated heterocycles. The number of hydrogen-bond donors (Lipinski definition) is 1. The molecule has 0 aliphatic carbocycles. The van der Waals surface area contributed by atoms with Crippen LogP contribution in [0.5, 0.6) is 0 Å². The Hall–Kier alpha value is -3.09. The summed E-state index contributed by atoms with van der Waals surface area (Å²) >= 11 is 0. The maximum absolute atomic E-state index is 12.9. The van der Waals surface area contributed by atoms with Gasteiger partial charge < -0.3 is 10.1 Å². The summed E-state index contributed by atoms with van der Waals surface area (Å²) in [6.45, 7) is 0.211. The largest absolute Gasteiger partial charge is 0.445 e. The van der Waals surface area contributed by atoms with Crippen LogP contribution in [0.25, 0.3) is 6.08 Å². The summed E-state index contributed by atoms with van der Waals surface area (Å²) in [5.74, 6) is 0. The van der Waals surface area contributed by atoms with E-state index in [4.69, 9.17) is 4.74 Å². The minimum absolute atomic E-state index is 0.0877. The first-order chi connectivity index (χ1) is 12.4. The summed E-state index contributed by atoms with van der Waals surface area (Å²) in [4.78, 5) is 22.2. The third kappa shape index (κ3) is 5.77. The summed E-state index contributed by atoms with van der Waals surface area (Å²) in [5.41, 5.74) is -0.308. The molecule has 26 heavy (non-hydrogen) atoms. The number of nitrogens with one attached hydrogen (secondary N) is 1. The molecule has 0 atom stereocenters. The van der Waals surface area contributed by atoms with Gasteiger partial charge in [-0.3, -0.25) is 4.79 Å². The molecule has 1 N–H and O–H groups in total. The Kier molecular flexibility index (Phi) is 6.54. The molecule has 2 aromatic rings. The second-order valence-corrected chi connectivity index (χ2v) is 5.31. The molecule has 2 rings (SSSR count). The summed E-state index contributed by atoms with van der Waals surface area (Å²) in [7, 11) is 0. The summed E-state index contributed by atoms with van der Waals surface area (Å²) in [6, 6.07) is 12.5. The maximum Gasteiger partial charge on any atom is 0.417 e. The number of carbonyl (C=O) groups is 2. The average molecular weight is 363 g/mol. The van der Waals surface area contributed by atoms with Crippen molar-refractivity contribution in [2.75, 3.05) is 6.54 Å². The average Bonchev–Trinajstić information content (AvgIpc) is 2.63. The smallest absolute Gasteiger partial charge is 0.417 e. The molecule has 0 bridgehead atoms. The highest BCUT2D eigenvalue weighted by molar-refractivity contribution is 5.78. The Balaban J connectivity index is 1.86. The van der Waals surface area contributed by atoms with Crippen molar-refractivity contribution in [2.24, 2.45) is 0 Å². The van der Waals surface area contributed by atoms with Gasteiger partial charge in [-0.1, -0.05) is 54.6 Å². The number of carbonyl (C=O) groups excluding carboxylic acids is 2. The molecule has 0 heterocycles. The zero-order valence-corrected chi connectivity index (χ0v) is 13.6. The molecule has 0 spiro atoms. The van der Waals surface area contributed by atoms with Gasteiger partial charge in [0.2, 0.25) is 0 Å². The van der Waals surface area contributed by atoms with Gasteiger partial charge in [-0.25, -0.2) is 4.79 Å². The van der Waals surface area contributed by atoms with Crippen molar-refractivity contribution < 1.29 is 27.5 Å². The number of alkyl halides is 3. The summed E-state index contributed by atoms with van der Waals surface area (Å²) < 4.78 is 43.6. The lowest BCUT2D eigenvalue weighted by molar-refractivity contribution is -0.137. The van der Waals surface area contributed by atoms with Crippen LogP contribution < -0.4 is 5.32 Å². The van der Waals surface area contributed by atoms with Gasteiger partial charge in [0.25, 0.3) is 0 Å². The van der Waals surface area contributed by atoms with Crippen molar-refractivity contribution in [1.82, 2.24) is 5.32 Å². The minimum atomic E-state index is -4.61. The van der Waals surface area contributed by atoms with Gasteiger partial charge in [0, 0.05) is 12.1 Å². The van der Waals surface area contributed by atoms with Crippen molar-refractivity contribution >= 4 is 18.5 Å². The fourth-order valence-electron chi connectivity index (χ4n) is 2.14. The van der Waals surface area contributed by atoms with Gasteiger partial charge in [0.1, 0.15) is 6.61 Å². The molecule has 0 fully saturated rings. The van der Waals surface area contributed by atoms with E-state index >= 15 is 0 Å². The number of halogens is 3. The fourth-order valence-corrected chi connectivity index (χ4v) is 2.14. The molecule has 136 valence electrons. The van der Waals surface area contributed by atoms with Crippen molar-refractivity contribution in [3.05, 3.63) is 76.9 Å². The SMILES string of the molecule is O=Cc1ccc(C=CCNC(=O)OCc2ccccc2)cc1C(F)(F)F. The first-order valence-corrected chi connectivity index (χ1v) is 7.67. The van der Waals surface area contributed by atoms with Crippen LogP contribution in [0.2, 0.25) is 0 Å². The number of alkyl carbamates (subject to hydrolysis) is 1. The lowest BCUT2D eigenvalue weighted by atomic mass is 10.0. The van der Waals surface area contributed by atoms with Gasteiger partial charge in [-0.2, -0.15) is 13.2 Å². The van der Waals surface area contributed by atoms with Crippen LogP contribution in [-0.2, 0) is 17.5 Å². The third-order valence-electron chi connectivity index (χ3n) is 3.40. The lowest BCUT2D eigenvalue weighted by Gasteiger charge is -2.10. The highest BCUT2D eigenvalue weighted by Crippen LogP contribution is 2.32. The van der Waals surface area contributed by atoms with Crippen LogP contribution in [0.15, 0.2) is 54.6 Å².